The Hall–Kier alpha value is -4.42. The van der Waals surface area contributed by atoms with Crippen molar-refractivity contribution in [2.75, 3.05) is 36.7 Å². The molecular formula is C41H46Cl2F3N7O6S. The molecule has 3 aromatic carbocycles. The Balaban J connectivity index is 0.910. The fraction of sp³-hybridized carbons (Fsp3) is 0.463. The molecule has 3 amide bonds. The van der Waals surface area contributed by atoms with Crippen molar-refractivity contribution < 1.29 is 36.0 Å². The second-order valence-corrected chi connectivity index (χ2v) is 18.8. The fourth-order valence-corrected chi connectivity index (χ4v) is 10.8. The van der Waals surface area contributed by atoms with Gasteiger partial charge in [-0.3, -0.25) is 38.5 Å². The van der Waals surface area contributed by atoms with Crippen LogP contribution in [0, 0.1) is 5.92 Å². The number of hydrogen-bond acceptors (Lipinski definition) is 8. The molecule has 0 bridgehead atoms. The predicted octanol–water partition coefficient (Wildman–Crippen LogP) is 6.79. The highest BCUT2D eigenvalue weighted by Gasteiger charge is 2.35. The number of imidazole rings is 1. The summed E-state index contributed by atoms with van der Waals surface area (Å²) in [6.07, 6.45) is -0.0112. The van der Waals surface area contributed by atoms with Gasteiger partial charge in [-0.15, -0.1) is 0 Å². The van der Waals surface area contributed by atoms with E-state index in [1.54, 1.807) is 11.6 Å². The number of anilines is 2. The van der Waals surface area contributed by atoms with Gasteiger partial charge in [0.05, 0.1) is 43.8 Å². The third-order valence-corrected chi connectivity index (χ3v) is 14.5. The average molecular weight is 893 g/mol. The van der Waals surface area contributed by atoms with Crippen molar-refractivity contribution >= 4 is 73.4 Å². The summed E-state index contributed by atoms with van der Waals surface area (Å²) in [5.74, 6) is -1.30. The molecule has 1 aliphatic carbocycles. The minimum absolute atomic E-state index is 0.0144. The zero-order valence-corrected chi connectivity index (χ0v) is 35.4. The van der Waals surface area contributed by atoms with Gasteiger partial charge in [-0.2, -0.15) is 13.2 Å². The van der Waals surface area contributed by atoms with Gasteiger partial charge < -0.3 is 10.2 Å². The first-order valence-electron chi connectivity index (χ1n) is 19.8. The maximum atomic E-state index is 13.6. The summed E-state index contributed by atoms with van der Waals surface area (Å²) >= 11 is 12.2. The summed E-state index contributed by atoms with van der Waals surface area (Å²) in [5.41, 5.74) is 0.953. The molecule has 2 aliphatic heterocycles. The van der Waals surface area contributed by atoms with Gasteiger partial charge >= 0.3 is 11.9 Å². The van der Waals surface area contributed by atoms with Crippen molar-refractivity contribution in [3.05, 3.63) is 91.8 Å². The van der Waals surface area contributed by atoms with E-state index in [1.165, 1.54) is 22.8 Å². The van der Waals surface area contributed by atoms with Crippen LogP contribution in [0.1, 0.15) is 78.9 Å². The summed E-state index contributed by atoms with van der Waals surface area (Å²) in [5, 5.41) is 3.94. The van der Waals surface area contributed by atoms with Crippen LogP contribution in [0.3, 0.4) is 0 Å². The summed E-state index contributed by atoms with van der Waals surface area (Å²) in [7, 11) is -0.108. The number of hydrogen-bond donors (Lipinski definition) is 3. The van der Waals surface area contributed by atoms with Gasteiger partial charge in [0, 0.05) is 37.6 Å². The van der Waals surface area contributed by atoms with Gasteiger partial charge in [-0.1, -0.05) is 35.3 Å². The largest absolute Gasteiger partial charge is 0.416 e. The lowest BCUT2D eigenvalue weighted by Crippen LogP contribution is -2.45. The number of alkyl halides is 3. The number of nitrogens with zero attached hydrogens (tertiary/aromatic N) is 4. The van der Waals surface area contributed by atoms with Crippen molar-refractivity contribution in [2.45, 2.75) is 81.4 Å². The molecule has 2 saturated heterocycles. The van der Waals surface area contributed by atoms with Gasteiger partial charge in [0.2, 0.25) is 21.8 Å². The third kappa shape index (κ3) is 9.39. The summed E-state index contributed by atoms with van der Waals surface area (Å²) < 4.78 is 72.3. The standard InChI is InChI=1S/C41H46Cl2F3N7O6S/c1-50(28-16-18-52(19-17-28)23-25-4-3-5-34-37(25)51(2)40(57)53(34)35-14-15-36(54)48-39(35)56)22-24-6-10-29(11-7-24)60(58,59)49-32-13-9-27(42)21-30(32)38(55)47-33-12-8-26(20-31(33)43)41(44,45)46/h3-5,8-9,12-13,20-21,24,28-29,35,49H,6-7,10-11,14-19,22-23H2,1-2H3,(H,47,55)(H,48,54,56). The smallest absolute Gasteiger partial charge is 0.321 e. The number of aryl methyl sites for hydroxylation is 1. The molecule has 7 rings (SSSR count). The quantitative estimate of drug-likeness (QED) is 0.139. The average Bonchev–Trinajstić information content (AvgIpc) is 3.45. The highest BCUT2D eigenvalue weighted by molar-refractivity contribution is 7.93. The zero-order valence-electron chi connectivity index (χ0n) is 33.0. The van der Waals surface area contributed by atoms with E-state index in [4.69, 9.17) is 23.2 Å². The molecule has 322 valence electrons. The first-order chi connectivity index (χ1) is 28.4. The number of nitrogens with one attached hydrogen (secondary N) is 3. The molecule has 0 spiro atoms. The van der Waals surface area contributed by atoms with E-state index >= 15 is 0 Å². The van der Waals surface area contributed by atoms with Crippen molar-refractivity contribution in [1.29, 1.82) is 0 Å². The number of aromatic nitrogens is 2. The highest BCUT2D eigenvalue weighted by Crippen LogP contribution is 2.36. The van der Waals surface area contributed by atoms with Crippen LogP contribution in [0.5, 0.6) is 0 Å². The Morgan fingerprint density at radius 1 is 0.933 bits per heavy atom. The summed E-state index contributed by atoms with van der Waals surface area (Å²) in [6.45, 7) is 3.18. The molecule has 1 unspecified atom stereocenters. The van der Waals surface area contributed by atoms with Gasteiger partial charge in [0.1, 0.15) is 6.04 Å². The number of sulfonamides is 1. The monoisotopic (exact) mass is 891 g/mol. The number of rotatable bonds is 11. The predicted molar refractivity (Wildman–Crippen MR) is 224 cm³/mol. The van der Waals surface area contributed by atoms with E-state index in [1.807, 2.05) is 18.2 Å². The van der Waals surface area contributed by atoms with E-state index in [0.717, 1.165) is 55.7 Å². The first kappa shape index (κ1) is 43.7. The molecular weight excluding hydrogens is 846 g/mol. The van der Waals surface area contributed by atoms with E-state index < -0.39 is 44.9 Å². The van der Waals surface area contributed by atoms with E-state index in [0.29, 0.717) is 55.8 Å². The zero-order chi connectivity index (χ0) is 43.1. The van der Waals surface area contributed by atoms with Crippen LogP contribution in [0.15, 0.2) is 59.4 Å². The highest BCUT2D eigenvalue weighted by atomic mass is 35.5. The van der Waals surface area contributed by atoms with E-state index in [2.05, 4.69) is 32.2 Å². The van der Waals surface area contributed by atoms with Crippen LogP contribution in [0.25, 0.3) is 11.0 Å². The number of piperidine rings is 2. The summed E-state index contributed by atoms with van der Waals surface area (Å²) in [4.78, 5) is 55.8. The van der Waals surface area contributed by atoms with Crippen LogP contribution in [-0.2, 0) is 39.4 Å². The molecule has 3 aliphatic rings. The Morgan fingerprint density at radius 3 is 2.30 bits per heavy atom. The number of carbonyl (C=O) groups excluding carboxylic acids is 3. The van der Waals surface area contributed by atoms with Crippen molar-refractivity contribution in [2.24, 2.45) is 13.0 Å². The maximum Gasteiger partial charge on any atom is 0.416 e. The number of benzene rings is 3. The first-order valence-corrected chi connectivity index (χ1v) is 22.1. The van der Waals surface area contributed by atoms with Crippen molar-refractivity contribution in [3.8, 4) is 0 Å². The maximum absolute atomic E-state index is 13.6. The van der Waals surface area contributed by atoms with E-state index in [9.17, 15) is 40.8 Å². The molecule has 4 aromatic rings. The second kappa shape index (κ2) is 17.5. The Bertz CT molecular complexity index is 2480. The third-order valence-electron chi connectivity index (χ3n) is 12.1. The SMILES string of the molecule is CN(CC1CCC(S(=O)(=O)Nc2ccc(Cl)cc2C(=O)Nc2ccc(C(F)(F)F)cc2Cl)CC1)C1CCN(Cc2cccc3c2n(C)c(=O)n3C2CCC(=O)NC2=O)CC1. The molecule has 13 nitrogen and oxygen atoms in total. The number of imide groups is 1. The van der Waals surface area contributed by atoms with Crippen molar-refractivity contribution in [3.63, 3.8) is 0 Å². The number of fused-ring (bicyclic) bond motifs is 1. The van der Waals surface area contributed by atoms with Crippen LogP contribution < -0.4 is 21.0 Å². The molecule has 3 fully saturated rings. The van der Waals surface area contributed by atoms with Crippen LogP contribution >= 0.6 is 23.2 Å². The summed E-state index contributed by atoms with van der Waals surface area (Å²) in [6, 6.07) is 11.9. The molecule has 19 heteroatoms. The lowest BCUT2D eigenvalue weighted by Gasteiger charge is -2.39. The van der Waals surface area contributed by atoms with Gasteiger partial charge in [-0.05, 0) is 119 Å². The number of likely N-dealkylation sites (tertiary alicyclic amines) is 1. The fourth-order valence-electron chi connectivity index (χ4n) is 8.83. The van der Waals surface area contributed by atoms with E-state index in [-0.39, 0.29) is 51.4 Å². The van der Waals surface area contributed by atoms with Crippen molar-refractivity contribution in [1.82, 2.24) is 24.3 Å². The normalized spacial score (nSPS) is 21.0. The molecule has 3 N–H and O–H groups in total. The minimum Gasteiger partial charge on any atom is -0.321 e. The van der Waals surface area contributed by atoms with Crippen LogP contribution in [0.2, 0.25) is 10.0 Å². The molecule has 0 radical (unpaired) electrons. The Kier molecular flexibility index (Phi) is 12.7. The minimum atomic E-state index is -4.62. The van der Waals surface area contributed by atoms with Gasteiger partial charge in [0.15, 0.2) is 0 Å². The number of amides is 3. The molecule has 1 atom stereocenters. The Labute approximate surface area is 355 Å². The Morgan fingerprint density at radius 2 is 1.63 bits per heavy atom. The molecule has 3 heterocycles. The van der Waals surface area contributed by atoms with Crippen LogP contribution in [-0.4, -0.2) is 83.0 Å². The number of para-hydroxylation sites is 1. The second-order valence-electron chi connectivity index (χ2n) is 16.0. The van der Waals surface area contributed by atoms with Crippen LogP contribution in [0.4, 0.5) is 24.5 Å². The molecule has 1 saturated carbocycles. The number of halogens is 5. The molecule has 1 aromatic heterocycles. The van der Waals surface area contributed by atoms with Gasteiger partial charge in [-0.25, -0.2) is 13.2 Å². The van der Waals surface area contributed by atoms with Gasteiger partial charge in [0.25, 0.3) is 5.91 Å². The molecule has 60 heavy (non-hydrogen) atoms. The lowest BCUT2D eigenvalue weighted by molar-refractivity contribution is -0.138. The topological polar surface area (TPSA) is 155 Å². The number of carbonyl (C=O) groups is 3. The lowest BCUT2D eigenvalue weighted by atomic mass is 9.88.